The van der Waals surface area contributed by atoms with Crippen LogP contribution in [-0.4, -0.2) is 64.4 Å². The zero-order chi connectivity index (χ0) is 20.9. The van der Waals surface area contributed by atoms with Crippen molar-refractivity contribution >= 4 is 17.9 Å². The molecule has 6 aliphatic rings. The second-order valence-electron chi connectivity index (χ2n) is 10.6. The Morgan fingerprint density at radius 3 is 2.41 bits per heavy atom. The number of carbonyl (C=O) groups excluding carboxylic acids is 3. The van der Waals surface area contributed by atoms with Crippen molar-refractivity contribution in [3.05, 3.63) is 0 Å². The fraction of sp³-hybridized carbons (Fsp3) is 0.850. The van der Waals surface area contributed by atoms with Gasteiger partial charge in [0.2, 0.25) is 6.29 Å². The Morgan fingerprint density at radius 1 is 1.07 bits per heavy atom. The standard InChI is InChI=1S/C20H24O9/c1-6-8-10(27-14(6)24)12(23)19-13-9(22)11(17(2,3)4)18(19)5-7(21)26-16(18)29-20(8,19)15(25)28-13/h6,8-13,16,22-23H,5H2,1-4H3/t6?,8?,9-,10?,11+,12?,13?,16?,18?,19?,20?/m1/s1. The van der Waals surface area contributed by atoms with Crippen LogP contribution in [0.5, 0.6) is 0 Å². The van der Waals surface area contributed by atoms with Crippen LogP contribution in [0.25, 0.3) is 0 Å². The lowest BCUT2D eigenvalue weighted by molar-refractivity contribution is -0.207. The van der Waals surface area contributed by atoms with Crippen LogP contribution in [0.3, 0.4) is 0 Å². The molecule has 0 aromatic rings. The summed E-state index contributed by atoms with van der Waals surface area (Å²) in [7, 11) is 0. The van der Waals surface area contributed by atoms with E-state index in [9.17, 15) is 24.6 Å². The normalized spacial score (nSPS) is 59.2. The molecule has 9 nitrogen and oxygen atoms in total. The van der Waals surface area contributed by atoms with E-state index in [0.29, 0.717) is 0 Å². The number of carbonyl (C=O) groups is 3. The van der Waals surface area contributed by atoms with E-state index in [1.165, 1.54) is 0 Å². The lowest BCUT2D eigenvalue weighted by Crippen LogP contribution is -2.59. The highest BCUT2D eigenvalue weighted by Gasteiger charge is 3.00. The highest BCUT2D eigenvalue weighted by Crippen LogP contribution is 2.83. The molecule has 0 amide bonds. The molecule has 2 aliphatic carbocycles. The van der Waals surface area contributed by atoms with Gasteiger partial charge in [-0.25, -0.2) is 4.79 Å². The van der Waals surface area contributed by atoms with Gasteiger partial charge in [0, 0.05) is 5.92 Å². The lowest BCUT2D eigenvalue weighted by atomic mass is 9.52. The summed E-state index contributed by atoms with van der Waals surface area (Å²) in [5.74, 6) is -3.79. The van der Waals surface area contributed by atoms with E-state index in [0.717, 1.165) is 0 Å². The fourth-order valence-electron chi connectivity index (χ4n) is 8.28. The van der Waals surface area contributed by atoms with Crippen molar-refractivity contribution in [3.63, 3.8) is 0 Å². The first-order valence-corrected chi connectivity index (χ1v) is 10.1. The minimum Gasteiger partial charge on any atom is -0.459 e. The van der Waals surface area contributed by atoms with Gasteiger partial charge in [0.15, 0.2) is 5.60 Å². The molecule has 4 saturated heterocycles. The Kier molecular flexibility index (Phi) is 2.89. The quantitative estimate of drug-likeness (QED) is 0.403. The van der Waals surface area contributed by atoms with Gasteiger partial charge in [-0.05, 0) is 5.41 Å². The second-order valence-corrected chi connectivity index (χ2v) is 10.6. The molecule has 2 spiro atoms. The Morgan fingerprint density at radius 2 is 1.76 bits per heavy atom. The number of hydrogen-bond donors (Lipinski definition) is 2. The van der Waals surface area contributed by atoms with Gasteiger partial charge in [-0.3, -0.25) is 9.59 Å². The van der Waals surface area contributed by atoms with E-state index in [1.807, 2.05) is 20.8 Å². The molecule has 2 saturated carbocycles. The third-order valence-electron chi connectivity index (χ3n) is 8.66. The summed E-state index contributed by atoms with van der Waals surface area (Å²) in [4.78, 5) is 38.1. The van der Waals surface area contributed by atoms with Crippen LogP contribution in [0.15, 0.2) is 0 Å². The van der Waals surface area contributed by atoms with Crippen molar-refractivity contribution in [2.24, 2.45) is 34.0 Å². The van der Waals surface area contributed by atoms with Crippen molar-refractivity contribution in [2.45, 2.75) is 70.4 Å². The van der Waals surface area contributed by atoms with E-state index in [2.05, 4.69) is 0 Å². The summed E-state index contributed by atoms with van der Waals surface area (Å²) in [5.41, 5.74) is -4.83. The zero-order valence-corrected chi connectivity index (χ0v) is 16.6. The van der Waals surface area contributed by atoms with E-state index in [1.54, 1.807) is 6.92 Å². The van der Waals surface area contributed by atoms with Crippen LogP contribution < -0.4 is 0 Å². The van der Waals surface area contributed by atoms with Gasteiger partial charge in [0.25, 0.3) is 0 Å². The van der Waals surface area contributed by atoms with Gasteiger partial charge in [-0.2, -0.15) is 0 Å². The summed E-state index contributed by atoms with van der Waals surface area (Å²) < 4.78 is 23.0. The number of aliphatic hydroxyl groups excluding tert-OH is 2. The maximum Gasteiger partial charge on any atom is 0.340 e. The molecule has 4 heterocycles. The minimum absolute atomic E-state index is 0.107. The maximum atomic E-state index is 13.3. The third kappa shape index (κ3) is 1.43. The van der Waals surface area contributed by atoms with Crippen molar-refractivity contribution in [1.29, 1.82) is 0 Å². The Balaban J connectivity index is 1.69. The van der Waals surface area contributed by atoms with Crippen molar-refractivity contribution in [1.82, 2.24) is 0 Å². The molecular formula is C20H24O9. The zero-order valence-electron chi connectivity index (χ0n) is 16.6. The monoisotopic (exact) mass is 408 g/mol. The molecule has 158 valence electrons. The van der Waals surface area contributed by atoms with E-state index >= 15 is 0 Å². The molecule has 9 heteroatoms. The molecule has 29 heavy (non-hydrogen) atoms. The topological polar surface area (TPSA) is 129 Å². The predicted molar refractivity (Wildman–Crippen MR) is 90.6 cm³/mol. The Bertz CT molecular complexity index is 878. The molecule has 6 rings (SSSR count). The summed E-state index contributed by atoms with van der Waals surface area (Å²) in [6, 6.07) is 0. The van der Waals surface area contributed by atoms with Gasteiger partial charge in [-0.1, -0.05) is 27.7 Å². The first-order chi connectivity index (χ1) is 13.5. The predicted octanol–water partition coefficient (Wildman–Crippen LogP) is -0.484. The first-order valence-electron chi connectivity index (χ1n) is 10.1. The van der Waals surface area contributed by atoms with E-state index in [-0.39, 0.29) is 6.42 Å². The molecule has 11 atom stereocenters. The molecule has 0 aromatic heterocycles. The smallest absolute Gasteiger partial charge is 0.340 e. The second kappa shape index (κ2) is 4.63. The third-order valence-corrected chi connectivity index (χ3v) is 8.66. The van der Waals surface area contributed by atoms with Crippen molar-refractivity contribution in [2.75, 3.05) is 0 Å². The molecule has 0 bridgehead atoms. The van der Waals surface area contributed by atoms with Gasteiger partial charge >= 0.3 is 17.9 Å². The molecule has 2 N–H and O–H groups in total. The molecular weight excluding hydrogens is 384 g/mol. The van der Waals surface area contributed by atoms with Crippen LogP contribution in [0.1, 0.15) is 34.1 Å². The van der Waals surface area contributed by atoms with Gasteiger partial charge in [0.1, 0.15) is 18.3 Å². The summed E-state index contributed by atoms with van der Waals surface area (Å²) in [6.07, 6.45) is -5.71. The Hall–Kier alpha value is -1.71. The molecule has 4 aliphatic heterocycles. The average Bonchev–Trinajstić information content (AvgIpc) is 3.30. The summed E-state index contributed by atoms with van der Waals surface area (Å²) in [5, 5.41) is 23.0. The number of aliphatic hydroxyl groups is 2. The molecule has 6 fully saturated rings. The van der Waals surface area contributed by atoms with Crippen molar-refractivity contribution < 1.29 is 43.5 Å². The number of esters is 3. The van der Waals surface area contributed by atoms with Crippen LogP contribution in [0, 0.1) is 34.0 Å². The SMILES string of the molecule is CC1C(=O)OC2C1C13OC4OC(=O)CC45[C@H](C(C)(C)C)[C@@H](O)C(OC1=O)C35C2O. The van der Waals surface area contributed by atoms with Gasteiger partial charge < -0.3 is 29.2 Å². The summed E-state index contributed by atoms with van der Waals surface area (Å²) >= 11 is 0. The Labute approximate surface area is 166 Å². The van der Waals surface area contributed by atoms with Gasteiger partial charge in [0.05, 0.1) is 35.2 Å². The fourth-order valence-corrected chi connectivity index (χ4v) is 8.28. The van der Waals surface area contributed by atoms with E-state index in [4.69, 9.17) is 18.9 Å². The maximum absolute atomic E-state index is 13.3. The summed E-state index contributed by atoms with van der Waals surface area (Å²) in [6.45, 7) is 7.43. The molecule has 0 radical (unpaired) electrons. The molecule has 0 aromatic carbocycles. The highest BCUT2D eigenvalue weighted by atomic mass is 16.7. The number of ether oxygens (including phenoxy) is 4. The lowest BCUT2D eigenvalue weighted by Gasteiger charge is -2.45. The number of rotatable bonds is 0. The number of fused-ring (bicyclic) bond motifs is 1. The first kappa shape index (κ1) is 18.1. The van der Waals surface area contributed by atoms with Gasteiger partial charge in [-0.15, -0.1) is 0 Å². The minimum atomic E-state index is -1.71. The van der Waals surface area contributed by atoms with Crippen LogP contribution in [0.4, 0.5) is 0 Å². The largest absolute Gasteiger partial charge is 0.459 e. The van der Waals surface area contributed by atoms with Crippen molar-refractivity contribution in [3.8, 4) is 0 Å². The number of hydrogen-bond acceptors (Lipinski definition) is 9. The van der Waals surface area contributed by atoms with Crippen LogP contribution in [0.2, 0.25) is 0 Å². The molecule has 9 unspecified atom stereocenters. The van der Waals surface area contributed by atoms with Crippen LogP contribution in [-0.2, 0) is 33.3 Å². The highest BCUT2D eigenvalue weighted by molar-refractivity contribution is 5.91. The van der Waals surface area contributed by atoms with Crippen LogP contribution >= 0.6 is 0 Å². The average molecular weight is 408 g/mol. The van der Waals surface area contributed by atoms with E-state index < -0.39 is 88.2 Å².